The molecule has 1 aliphatic carbocycles. The van der Waals surface area contributed by atoms with E-state index in [2.05, 4.69) is 45.0 Å². The van der Waals surface area contributed by atoms with Crippen LogP contribution in [0.4, 0.5) is 0 Å². The molecule has 6 nitrogen and oxygen atoms in total. The molecule has 0 aromatic rings. The molecule has 3 rings (SSSR count). The van der Waals surface area contributed by atoms with E-state index in [1.54, 1.807) is 0 Å². The van der Waals surface area contributed by atoms with Crippen LogP contribution >= 0.6 is 22.6 Å². The lowest BCUT2D eigenvalue weighted by atomic mass is 10.1. The highest BCUT2D eigenvalue weighted by molar-refractivity contribution is 14.1. The summed E-state index contributed by atoms with van der Waals surface area (Å²) in [4.78, 5) is 3.97. The Morgan fingerprint density at radius 3 is 2.48 bits per heavy atom. The van der Waals surface area contributed by atoms with Gasteiger partial charge < -0.3 is 10.2 Å². The zero-order chi connectivity index (χ0) is 16.4. The van der Waals surface area contributed by atoms with Crippen molar-refractivity contribution in [2.75, 3.05) is 17.5 Å². The smallest absolute Gasteiger partial charge is 0.168 e. The first kappa shape index (κ1) is 18.3. The summed E-state index contributed by atoms with van der Waals surface area (Å²) in [6.45, 7) is 3.65. The van der Waals surface area contributed by atoms with Crippen LogP contribution in [0.3, 0.4) is 0 Å². The van der Waals surface area contributed by atoms with Crippen molar-refractivity contribution in [2.24, 2.45) is 5.92 Å². The molecule has 1 saturated carbocycles. The van der Waals surface area contributed by atoms with E-state index in [4.69, 9.17) is 0 Å². The van der Waals surface area contributed by atoms with E-state index in [0.717, 1.165) is 23.8 Å². The van der Waals surface area contributed by atoms with Gasteiger partial charge in [0.25, 0.3) is 0 Å². The highest BCUT2D eigenvalue weighted by Crippen LogP contribution is 2.33. The van der Waals surface area contributed by atoms with Gasteiger partial charge in [0.15, 0.2) is 6.35 Å². The molecule has 2 saturated heterocycles. The molecule has 0 bridgehead atoms. The van der Waals surface area contributed by atoms with E-state index < -0.39 is 12.6 Å². The van der Waals surface area contributed by atoms with Gasteiger partial charge in [0.05, 0.1) is 18.4 Å². The Balaban J connectivity index is 1.75. The van der Waals surface area contributed by atoms with E-state index in [9.17, 15) is 10.2 Å². The normalized spacial score (nSPS) is 39.9. The molecule has 134 valence electrons. The van der Waals surface area contributed by atoms with E-state index >= 15 is 0 Å². The summed E-state index contributed by atoms with van der Waals surface area (Å²) in [5.41, 5.74) is 0. The summed E-state index contributed by atoms with van der Waals surface area (Å²) in [5.74, 6) is 0.649. The van der Waals surface area contributed by atoms with E-state index in [1.807, 2.05) is 4.90 Å². The van der Waals surface area contributed by atoms with Gasteiger partial charge in [-0.05, 0) is 31.6 Å². The van der Waals surface area contributed by atoms with Crippen molar-refractivity contribution in [3.63, 3.8) is 0 Å². The van der Waals surface area contributed by atoms with Gasteiger partial charge in [-0.3, -0.25) is 10.6 Å². The van der Waals surface area contributed by atoms with Gasteiger partial charge in [0.2, 0.25) is 0 Å². The number of alkyl halides is 1. The second-order valence-corrected chi connectivity index (χ2v) is 8.18. The van der Waals surface area contributed by atoms with Gasteiger partial charge in [-0.25, -0.2) is 9.80 Å². The second-order valence-electron chi connectivity index (χ2n) is 7.10. The summed E-state index contributed by atoms with van der Waals surface area (Å²) in [7, 11) is 0. The standard InChI is InChI=1S/C16H31IN4O2/c1-2-9-21-15(22)12-14(20(16(21)23)10-5-8-17)19-13(18-12)11-6-3-4-7-11/h11-16,18-19,22-23H,2-10H2,1H3. The zero-order valence-corrected chi connectivity index (χ0v) is 16.2. The molecule has 7 heteroatoms. The Labute approximate surface area is 153 Å². The predicted octanol–water partition coefficient (Wildman–Crippen LogP) is 0.837. The maximum Gasteiger partial charge on any atom is 0.168 e. The number of halogens is 1. The molecule has 5 unspecified atom stereocenters. The summed E-state index contributed by atoms with van der Waals surface area (Å²) in [6.07, 6.45) is 6.05. The number of hydrogen-bond donors (Lipinski definition) is 4. The monoisotopic (exact) mass is 438 g/mol. The minimum Gasteiger partial charge on any atom is -0.376 e. The Morgan fingerprint density at radius 2 is 1.83 bits per heavy atom. The minimum atomic E-state index is -0.703. The molecule has 0 spiro atoms. The lowest BCUT2D eigenvalue weighted by molar-refractivity contribution is -0.230. The van der Waals surface area contributed by atoms with E-state index in [1.165, 1.54) is 25.7 Å². The van der Waals surface area contributed by atoms with Gasteiger partial charge in [0.1, 0.15) is 6.23 Å². The highest BCUT2D eigenvalue weighted by atomic mass is 127. The van der Waals surface area contributed by atoms with Crippen LogP contribution in [0.1, 0.15) is 45.4 Å². The first-order valence-corrected chi connectivity index (χ1v) is 10.7. The van der Waals surface area contributed by atoms with Crippen LogP contribution in [-0.4, -0.2) is 68.5 Å². The third kappa shape index (κ3) is 3.70. The molecule has 23 heavy (non-hydrogen) atoms. The van der Waals surface area contributed by atoms with Crippen LogP contribution < -0.4 is 10.6 Å². The molecule has 2 heterocycles. The molecule has 0 aromatic heterocycles. The number of fused-ring (bicyclic) bond motifs is 1. The Morgan fingerprint density at radius 1 is 1.09 bits per heavy atom. The SMILES string of the molecule is CCCN1C(O)C2NC(C3CCCC3)NC2N(CCCI)C1O. The van der Waals surface area contributed by atoms with Crippen molar-refractivity contribution in [3.05, 3.63) is 0 Å². The first-order valence-electron chi connectivity index (χ1n) is 9.13. The fourth-order valence-electron chi connectivity index (χ4n) is 4.43. The topological polar surface area (TPSA) is 71.0 Å². The van der Waals surface area contributed by atoms with Crippen molar-refractivity contribution in [2.45, 2.75) is 76.4 Å². The Bertz CT molecular complexity index is 383. The number of nitrogens with zero attached hydrogens (tertiary/aromatic N) is 2. The number of aliphatic hydroxyl groups excluding tert-OH is 2. The quantitative estimate of drug-likeness (QED) is 0.364. The van der Waals surface area contributed by atoms with Gasteiger partial charge >= 0.3 is 0 Å². The Hall–Kier alpha value is 0.490. The van der Waals surface area contributed by atoms with Gasteiger partial charge in [-0.2, -0.15) is 0 Å². The minimum absolute atomic E-state index is 0.0154. The van der Waals surface area contributed by atoms with Crippen molar-refractivity contribution in [1.29, 1.82) is 0 Å². The molecule has 0 amide bonds. The van der Waals surface area contributed by atoms with Crippen LogP contribution in [0.15, 0.2) is 0 Å². The molecular formula is C16H31IN4O2. The fourth-order valence-corrected chi connectivity index (χ4v) is 4.77. The number of aliphatic hydroxyl groups is 2. The van der Waals surface area contributed by atoms with Crippen LogP contribution in [0, 0.1) is 5.92 Å². The van der Waals surface area contributed by atoms with Crippen molar-refractivity contribution in [1.82, 2.24) is 20.4 Å². The number of rotatable bonds is 6. The summed E-state index contributed by atoms with van der Waals surface area (Å²) < 4.78 is 1.08. The molecule has 0 radical (unpaired) electrons. The van der Waals surface area contributed by atoms with Crippen molar-refractivity contribution >= 4 is 22.6 Å². The Kier molecular flexibility index (Phi) is 6.56. The molecule has 3 aliphatic rings. The molecular weight excluding hydrogens is 407 g/mol. The average Bonchev–Trinajstić information content (AvgIpc) is 3.20. The first-order chi connectivity index (χ1) is 11.2. The van der Waals surface area contributed by atoms with Crippen molar-refractivity contribution < 1.29 is 10.2 Å². The summed E-state index contributed by atoms with van der Waals surface area (Å²) in [5, 5.41) is 28.9. The molecule has 5 atom stereocenters. The lowest BCUT2D eigenvalue weighted by Crippen LogP contribution is -2.71. The zero-order valence-electron chi connectivity index (χ0n) is 14.0. The lowest BCUT2D eigenvalue weighted by Gasteiger charge is -2.49. The fraction of sp³-hybridized carbons (Fsp3) is 1.00. The summed E-state index contributed by atoms with van der Waals surface area (Å²) >= 11 is 2.38. The molecule has 4 N–H and O–H groups in total. The second kappa shape index (κ2) is 8.25. The molecule has 3 fully saturated rings. The van der Waals surface area contributed by atoms with E-state index in [-0.39, 0.29) is 18.4 Å². The number of hydrogen-bond acceptors (Lipinski definition) is 6. The van der Waals surface area contributed by atoms with Gasteiger partial charge in [0, 0.05) is 17.5 Å². The van der Waals surface area contributed by atoms with E-state index in [0.29, 0.717) is 12.5 Å². The average molecular weight is 438 g/mol. The van der Waals surface area contributed by atoms with Crippen LogP contribution in [0.5, 0.6) is 0 Å². The van der Waals surface area contributed by atoms with Crippen LogP contribution in [0.2, 0.25) is 0 Å². The van der Waals surface area contributed by atoms with Gasteiger partial charge in [-0.1, -0.05) is 42.4 Å². The predicted molar refractivity (Wildman–Crippen MR) is 98.8 cm³/mol. The van der Waals surface area contributed by atoms with Crippen LogP contribution in [-0.2, 0) is 0 Å². The third-order valence-electron chi connectivity index (χ3n) is 5.58. The third-order valence-corrected chi connectivity index (χ3v) is 6.34. The van der Waals surface area contributed by atoms with Crippen LogP contribution in [0.25, 0.3) is 0 Å². The largest absolute Gasteiger partial charge is 0.376 e. The molecule has 0 aromatic carbocycles. The highest BCUT2D eigenvalue weighted by Gasteiger charge is 2.51. The number of nitrogens with one attached hydrogen (secondary N) is 2. The maximum atomic E-state index is 10.8. The summed E-state index contributed by atoms with van der Waals surface area (Å²) in [6, 6.07) is -0.0373. The maximum absolute atomic E-state index is 10.8. The van der Waals surface area contributed by atoms with Gasteiger partial charge in [-0.15, -0.1) is 0 Å². The van der Waals surface area contributed by atoms with Crippen molar-refractivity contribution in [3.8, 4) is 0 Å². The molecule has 2 aliphatic heterocycles.